The molecule has 3 heteroatoms. The molecule has 3 nitrogen and oxygen atoms in total. The number of carboxylic acid groups (broad SMARTS) is 1. The first-order valence-corrected chi connectivity index (χ1v) is 6.80. The second-order valence-electron chi connectivity index (χ2n) is 5.04. The fraction of sp³-hybridized carbons (Fsp3) is 0.235. The number of fused-ring (bicyclic) bond motifs is 1. The third-order valence-corrected chi connectivity index (χ3v) is 3.67. The molecule has 0 bridgehead atoms. The molecule has 0 amide bonds. The van der Waals surface area contributed by atoms with E-state index in [0.717, 1.165) is 24.2 Å². The summed E-state index contributed by atoms with van der Waals surface area (Å²) >= 11 is 0. The van der Waals surface area contributed by atoms with Crippen molar-refractivity contribution in [3.8, 4) is 5.75 Å². The number of hydrogen-bond donors (Lipinski definition) is 1. The van der Waals surface area contributed by atoms with Crippen molar-refractivity contribution in [3.05, 3.63) is 64.7 Å². The number of hydrogen-bond acceptors (Lipinski definition) is 2. The van der Waals surface area contributed by atoms with E-state index >= 15 is 0 Å². The first-order chi connectivity index (χ1) is 9.74. The molecule has 0 atom stereocenters. The molecule has 0 heterocycles. The fourth-order valence-electron chi connectivity index (χ4n) is 2.68. The molecule has 3 rings (SSSR count). The van der Waals surface area contributed by atoms with Gasteiger partial charge in [0.05, 0.1) is 5.56 Å². The Morgan fingerprint density at radius 1 is 1.15 bits per heavy atom. The zero-order valence-electron chi connectivity index (χ0n) is 11.1. The number of carbonyl (C=O) groups is 1. The van der Waals surface area contributed by atoms with E-state index in [0.29, 0.717) is 12.2 Å². The number of carboxylic acids is 1. The number of aryl methyl sites for hydroxylation is 1. The third kappa shape index (κ3) is 2.52. The van der Waals surface area contributed by atoms with E-state index in [1.165, 1.54) is 17.5 Å². The van der Waals surface area contributed by atoms with Crippen LogP contribution in [0.4, 0.5) is 0 Å². The quantitative estimate of drug-likeness (QED) is 0.923. The molecule has 0 spiro atoms. The van der Waals surface area contributed by atoms with Gasteiger partial charge in [0, 0.05) is 0 Å². The van der Waals surface area contributed by atoms with Crippen LogP contribution in [0.3, 0.4) is 0 Å². The minimum atomic E-state index is -0.910. The lowest BCUT2D eigenvalue weighted by molar-refractivity contribution is 0.0696. The highest BCUT2D eigenvalue weighted by Gasteiger charge is 2.15. The molecule has 1 aliphatic rings. The molecule has 0 fully saturated rings. The Morgan fingerprint density at radius 3 is 2.85 bits per heavy atom. The van der Waals surface area contributed by atoms with E-state index < -0.39 is 5.97 Å². The Morgan fingerprint density at radius 2 is 2.00 bits per heavy atom. The summed E-state index contributed by atoms with van der Waals surface area (Å²) in [6.45, 7) is 0.400. The Labute approximate surface area is 117 Å². The van der Waals surface area contributed by atoms with E-state index in [-0.39, 0.29) is 0 Å². The molecular formula is C17H16O3. The highest BCUT2D eigenvalue weighted by Crippen LogP contribution is 2.30. The summed E-state index contributed by atoms with van der Waals surface area (Å²) in [5.74, 6) is 0.0215. The van der Waals surface area contributed by atoms with E-state index in [1.807, 2.05) is 18.2 Å². The molecule has 2 aromatic carbocycles. The molecule has 0 saturated carbocycles. The third-order valence-electron chi connectivity index (χ3n) is 3.67. The summed E-state index contributed by atoms with van der Waals surface area (Å²) in [5.41, 5.74) is 3.86. The van der Waals surface area contributed by atoms with Crippen LogP contribution in [0.5, 0.6) is 5.75 Å². The fourth-order valence-corrected chi connectivity index (χ4v) is 2.68. The first kappa shape index (κ1) is 12.7. The maximum absolute atomic E-state index is 10.9. The standard InChI is InChI=1S/C17H16O3/c18-17(19)14-7-1-4-12(10-14)11-20-16-9-3-6-13-5-2-8-15(13)16/h1,3-4,6-7,9-10H,2,5,8,11H2,(H,18,19). The van der Waals surface area contributed by atoms with Gasteiger partial charge in [0.1, 0.15) is 12.4 Å². The van der Waals surface area contributed by atoms with Gasteiger partial charge in [-0.25, -0.2) is 4.79 Å². The van der Waals surface area contributed by atoms with Crippen LogP contribution in [0.2, 0.25) is 0 Å². The van der Waals surface area contributed by atoms with Gasteiger partial charge < -0.3 is 9.84 Å². The summed E-state index contributed by atoms with van der Waals surface area (Å²) in [6, 6.07) is 13.0. The highest BCUT2D eigenvalue weighted by molar-refractivity contribution is 5.87. The molecule has 20 heavy (non-hydrogen) atoms. The SMILES string of the molecule is O=C(O)c1cccc(COc2cccc3c2CCC3)c1. The lowest BCUT2D eigenvalue weighted by atomic mass is 10.1. The molecule has 102 valence electrons. The number of aromatic carboxylic acids is 1. The first-order valence-electron chi connectivity index (χ1n) is 6.80. The summed E-state index contributed by atoms with van der Waals surface area (Å²) in [7, 11) is 0. The Bertz CT molecular complexity index is 646. The normalized spacial score (nSPS) is 13.0. The molecule has 1 N–H and O–H groups in total. The van der Waals surface area contributed by atoms with Gasteiger partial charge in [-0.1, -0.05) is 24.3 Å². The van der Waals surface area contributed by atoms with Crippen molar-refractivity contribution in [2.45, 2.75) is 25.9 Å². The minimum absolute atomic E-state index is 0.296. The topological polar surface area (TPSA) is 46.5 Å². The van der Waals surface area contributed by atoms with Gasteiger partial charge in [0.25, 0.3) is 0 Å². The molecule has 0 saturated heterocycles. The maximum atomic E-state index is 10.9. The summed E-state index contributed by atoms with van der Waals surface area (Å²) < 4.78 is 5.88. The Kier molecular flexibility index (Phi) is 3.42. The van der Waals surface area contributed by atoms with Crippen LogP contribution in [-0.2, 0) is 19.4 Å². The van der Waals surface area contributed by atoms with E-state index in [1.54, 1.807) is 18.2 Å². The van der Waals surface area contributed by atoms with Crippen LogP contribution in [0.1, 0.15) is 33.5 Å². The molecule has 1 aliphatic carbocycles. The predicted molar refractivity (Wildman–Crippen MR) is 76.2 cm³/mol. The molecule has 2 aromatic rings. The number of benzene rings is 2. The van der Waals surface area contributed by atoms with Crippen LogP contribution < -0.4 is 4.74 Å². The van der Waals surface area contributed by atoms with Crippen molar-refractivity contribution in [2.24, 2.45) is 0 Å². The monoisotopic (exact) mass is 268 g/mol. The van der Waals surface area contributed by atoms with Crippen molar-refractivity contribution in [1.82, 2.24) is 0 Å². The highest BCUT2D eigenvalue weighted by atomic mass is 16.5. The molecule has 0 unspecified atom stereocenters. The van der Waals surface area contributed by atoms with Crippen LogP contribution in [0, 0.1) is 0 Å². The Balaban J connectivity index is 1.76. The van der Waals surface area contributed by atoms with Crippen LogP contribution in [0.15, 0.2) is 42.5 Å². The smallest absolute Gasteiger partial charge is 0.335 e. The second kappa shape index (κ2) is 5.37. The van der Waals surface area contributed by atoms with E-state index in [2.05, 4.69) is 6.07 Å². The maximum Gasteiger partial charge on any atom is 0.335 e. The van der Waals surface area contributed by atoms with Crippen molar-refractivity contribution in [2.75, 3.05) is 0 Å². The van der Waals surface area contributed by atoms with Crippen molar-refractivity contribution in [1.29, 1.82) is 0 Å². The van der Waals surface area contributed by atoms with Gasteiger partial charge in [0.15, 0.2) is 0 Å². The summed E-state index contributed by atoms with van der Waals surface area (Å²) in [6.07, 6.45) is 3.38. The average Bonchev–Trinajstić information content (AvgIpc) is 2.94. The van der Waals surface area contributed by atoms with E-state index in [4.69, 9.17) is 9.84 Å². The summed E-state index contributed by atoms with van der Waals surface area (Å²) in [4.78, 5) is 10.9. The van der Waals surface area contributed by atoms with Crippen molar-refractivity contribution in [3.63, 3.8) is 0 Å². The summed E-state index contributed by atoms with van der Waals surface area (Å²) in [5, 5.41) is 8.98. The lowest BCUT2D eigenvalue weighted by Gasteiger charge is -2.11. The largest absolute Gasteiger partial charge is 0.489 e. The van der Waals surface area contributed by atoms with Crippen LogP contribution in [-0.4, -0.2) is 11.1 Å². The lowest BCUT2D eigenvalue weighted by Crippen LogP contribution is -2.01. The molecular weight excluding hydrogens is 252 g/mol. The zero-order chi connectivity index (χ0) is 13.9. The van der Waals surface area contributed by atoms with Crippen LogP contribution in [0.25, 0.3) is 0 Å². The number of ether oxygens (including phenoxy) is 1. The Hall–Kier alpha value is -2.29. The molecule has 0 aliphatic heterocycles. The van der Waals surface area contributed by atoms with Crippen molar-refractivity contribution < 1.29 is 14.6 Å². The van der Waals surface area contributed by atoms with Crippen LogP contribution >= 0.6 is 0 Å². The second-order valence-corrected chi connectivity index (χ2v) is 5.04. The average molecular weight is 268 g/mol. The van der Waals surface area contributed by atoms with Gasteiger partial charge in [-0.05, 0) is 54.2 Å². The van der Waals surface area contributed by atoms with Gasteiger partial charge in [0.2, 0.25) is 0 Å². The minimum Gasteiger partial charge on any atom is -0.489 e. The zero-order valence-corrected chi connectivity index (χ0v) is 11.1. The van der Waals surface area contributed by atoms with Gasteiger partial charge in [-0.2, -0.15) is 0 Å². The van der Waals surface area contributed by atoms with Gasteiger partial charge >= 0.3 is 5.97 Å². The van der Waals surface area contributed by atoms with Crippen molar-refractivity contribution >= 4 is 5.97 Å². The van der Waals surface area contributed by atoms with Gasteiger partial charge in [-0.15, -0.1) is 0 Å². The van der Waals surface area contributed by atoms with Gasteiger partial charge in [-0.3, -0.25) is 0 Å². The van der Waals surface area contributed by atoms with E-state index in [9.17, 15) is 4.79 Å². The predicted octanol–water partition coefficient (Wildman–Crippen LogP) is 3.45. The number of rotatable bonds is 4. The molecule has 0 aromatic heterocycles. The molecule has 0 radical (unpaired) electrons.